The van der Waals surface area contributed by atoms with Gasteiger partial charge in [-0.25, -0.2) is 28.4 Å². The molecule has 0 saturated carbocycles. The molecule has 0 aliphatic carbocycles. The second-order valence-electron chi connectivity index (χ2n) is 15.5. The maximum Gasteiger partial charge on any atom is 0.408 e. The number of hydrogen-bond acceptors (Lipinski definition) is 11. The van der Waals surface area contributed by atoms with Crippen molar-refractivity contribution in [3.8, 4) is 21.8 Å². The Balaban J connectivity index is 1.59. The van der Waals surface area contributed by atoms with Crippen LogP contribution in [0.25, 0.3) is 32.7 Å². The fraction of sp³-hybridized carbons (Fsp3) is 0.526. The number of fused-ring (bicyclic) bond motifs is 1. The van der Waals surface area contributed by atoms with Crippen LogP contribution in [-0.4, -0.2) is 96.5 Å². The molecule has 4 heterocycles. The van der Waals surface area contributed by atoms with E-state index in [1.807, 2.05) is 13.8 Å². The average molecular weight is 804 g/mol. The summed E-state index contributed by atoms with van der Waals surface area (Å²) in [5.41, 5.74) is 3.30. The van der Waals surface area contributed by atoms with Crippen LogP contribution in [0.15, 0.2) is 36.5 Å². The SMILES string of the molecule is CO[C@@H](C)c1ncccc1-c1c(CC(C)(C)CO)c2cc(-c3nc(CC(NC(=O)OC(C)(C)C)C(=O)N4CCCC(C(=O)O)N4)ns3)ccc2n1C(F)C(F)F. The molecule has 0 radical (unpaired) electrons. The molecule has 5 rings (SSSR count). The van der Waals surface area contributed by atoms with Gasteiger partial charge in [0.2, 0.25) is 6.30 Å². The van der Waals surface area contributed by atoms with Crippen LogP contribution in [0.4, 0.5) is 18.0 Å². The predicted molar refractivity (Wildman–Crippen MR) is 203 cm³/mol. The fourth-order valence-electron chi connectivity index (χ4n) is 6.54. The molecule has 1 fully saturated rings. The van der Waals surface area contributed by atoms with Crippen LogP contribution in [0.2, 0.25) is 0 Å². The number of aliphatic hydroxyl groups excluding tert-OH is 1. The van der Waals surface area contributed by atoms with Crippen molar-refractivity contribution in [2.45, 2.75) is 104 Å². The number of hydrazine groups is 1. The molecule has 3 aromatic heterocycles. The number of alkyl carbamates (subject to hydrolysis) is 1. The van der Waals surface area contributed by atoms with Crippen LogP contribution in [0.5, 0.6) is 0 Å². The third-order valence-corrected chi connectivity index (χ3v) is 10.1. The van der Waals surface area contributed by atoms with Crippen molar-refractivity contribution in [1.82, 2.24) is 34.7 Å². The quantitative estimate of drug-likeness (QED) is 0.113. The van der Waals surface area contributed by atoms with Gasteiger partial charge >= 0.3 is 12.1 Å². The molecule has 1 aromatic carbocycles. The number of aliphatic hydroxyl groups is 1. The molecule has 1 aliphatic rings. The number of carbonyl (C=O) groups is 3. The van der Waals surface area contributed by atoms with Crippen LogP contribution in [-0.2, 0) is 31.9 Å². The molecule has 4 N–H and O–H groups in total. The third-order valence-electron chi connectivity index (χ3n) is 9.32. The van der Waals surface area contributed by atoms with Crippen LogP contribution in [0.3, 0.4) is 0 Å². The molecule has 1 saturated heterocycles. The topological polar surface area (TPSA) is 181 Å². The van der Waals surface area contributed by atoms with E-state index in [4.69, 9.17) is 9.47 Å². The number of nitrogens with one attached hydrogen (secondary N) is 2. The Labute approximate surface area is 326 Å². The molecule has 1 aliphatic heterocycles. The number of aliphatic carboxylic acids is 1. The Morgan fingerprint density at radius 1 is 1.14 bits per heavy atom. The summed E-state index contributed by atoms with van der Waals surface area (Å²) in [6.45, 7) is 10.3. The van der Waals surface area contributed by atoms with Crippen LogP contribution in [0.1, 0.15) is 83.9 Å². The molecule has 56 heavy (non-hydrogen) atoms. The van der Waals surface area contributed by atoms with Crippen molar-refractivity contribution in [3.05, 3.63) is 53.6 Å². The van der Waals surface area contributed by atoms with E-state index in [-0.39, 0.29) is 43.0 Å². The van der Waals surface area contributed by atoms with Gasteiger partial charge in [0.05, 0.1) is 23.0 Å². The number of carboxylic acid groups (broad SMARTS) is 1. The summed E-state index contributed by atoms with van der Waals surface area (Å²) >= 11 is 0.994. The Morgan fingerprint density at radius 2 is 1.88 bits per heavy atom. The average Bonchev–Trinajstić information content (AvgIpc) is 3.74. The van der Waals surface area contributed by atoms with Crippen molar-refractivity contribution in [3.63, 3.8) is 0 Å². The second-order valence-corrected chi connectivity index (χ2v) is 16.3. The van der Waals surface area contributed by atoms with Gasteiger partial charge in [-0.15, -0.1) is 0 Å². The first-order valence-electron chi connectivity index (χ1n) is 18.1. The highest BCUT2D eigenvalue weighted by Gasteiger charge is 2.36. The maximum atomic E-state index is 15.9. The van der Waals surface area contributed by atoms with E-state index in [1.54, 1.807) is 58.2 Å². The molecular formula is C38H48F3N7O7S. The number of pyridine rings is 1. The lowest BCUT2D eigenvalue weighted by molar-refractivity contribution is -0.147. The van der Waals surface area contributed by atoms with E-state index in [0.29, 0.717) is 45.6 Å². The number of nitrogens with zero attached hydrogens (tertiary/aromatic N) is 5. The maximum absolute atomic E-state index is 15.9. The van der Waals surface area contributed by atoms with Gasteiger partial charge in [0, 0.05) is 49.4 Å². The molecule has 304 valence electrons. The zero-order chi connectivity index (χ0) is 41.1. The van der Waals surface area contributed by atoms with Crippen LogP contribution in [0, 0.1) is 5.41 Å². The van der Waals surface area contributed by atoms with Crippen molar-refractivity contribution in [2.24, 2.45) is 5.41 Å². The van der Waals surface area contributed by atoms with Gasteiger partial charge in [-0.1, -0.05) is 13.8 Å². The molecule has 0 spiro atoms. The Morgan fingerprint density at radius 3 is 2.52 bits per heavy atom. The number of halogens is 3. The molecule has 4 aromatic rings. The van der Waals surface area contributed by atoms with E-state index in [1.165, 1.54) is 18.2 Å². The number of carbonyl (C=O) groups excluding carboxylic acids is 2. The molecule has 2 amide bonds. The third kappa shape index (κ3) is 9.65. The van der Waals surface area contributed by atoms with Gasteiger partial charge in [0.1, 0.15) is 28.5 Å². The number of amides is 2. The van der Waals surface area contributed by atoms with E-state index in [0.717, 1.165) is 16.1 Å². The van der Waals surface area contributed by atoms with Crippen molar-refractivity contribution >= 4 is 40.4 Å². The summed E-state index contributed by atoms with van der Waals surface area (Å²) in [6.07, 6.45) is -5.25. The number of methoxy groups -OCH3 is 1. The lowest BCUT2D eigenvalue weighted by atomic mass is 9.84. The number of carboxylic acids is 1. The number of rotatable bonds is 14. The molecule has 3 unspecified atom stereocenters. The van der Waals surface area contributed by atoms with Gasteiger partial charge in [0.25, 0.3) is 12.3 Å². The summed E-state index contributed by atoms with van der Waals surface area (Å²) in [7, 11) is 1.49. The number of aromatic nitrogens is 4. The summed E-state index contributed by atoms with van der Waals surface area (Å²) < 4.78 is 60.9. The predicted octanol–water partition coefficient (Wildman–Crippen LogP) is 6.24. The molecule has 14 nitrogen and oxygen atoms in total. The Bertz CT molecular complexity index is 2050. The monoisotopic (exact) mass is 803 g/mol. The molecular weight excluding hydrogens is 756 g/mol. The molecule has 4 atom stereocenters. The first kappa shape index (κ1) is 42.5. The summed E-state index contributed by atoms with van der Waals surface area (Å²) in [4.78, 5) is 47.4. The molecule has 18 heteroatoms. The van der Waals surface area contributed by atoms with Crippen molar-refractivity contribution < 1.29 is 47.2 Å². The van der Waals surface area contributed by atoms with Gasteiger partial charge in [-0.2, -0.15) is 4.37 Å². The second kappa shape index (κ2) is 17.2. The standard InChI is InChI=1S/C38H48F3N7O7S/c1-20(54-7)29-22(10-8-14-42-29)30-24(18-38(5,6)19-49)23-16-21(12-13-27(23)48(30)32(41)31(39)40)33-44-28(46-56-33)17-26(43-36(53)55-37(2,3)4)34(50)47-15-9-11-25(45-47)35(51)52/h8,10,12-14,16,20,25-26,31-32,45,49H,9,11,15,17-19H2,1-7H3,(H,43,53)(H,51,52)/t20-,25?,26?,32?/m0/s1. The number of hydrogen-bond donors (Lipinski definition) is 4. The zero-order valence-corrected chi connectivity index (χ0v) is 33.1. The highest BCUT2D eigenvalue weighted by molar-refractivity contribution is 7.09. The minimum absolute atomic E-state index is 0.173. The highest BCUT2D eigenvalue weighted by atomic mass is 32.1. The van der Waals surface area contributed by atoms with E-state index < -0.39 is 59.9 Å². The minimum atomic E-state index is -3.37. The van der Waals surface area contributed by atoms with Crippen LogP contribution < -0.4 is 10.7 Å². The van der Waals surface area contributed by atoms with Gasteiger partial charge in [-0.3, -0.25) is 19.6 Å². The van der Waals surface area contributed by atoms with Gasteiger partial charge in [0.15, 0.2) is 0 Å². The largest absolute Gasteiger partial charge is 0.480 e. The van der Waals surface area contributed by atoms with Crippen molar-refractivity contribution in [1.29, 1.82) is 0 Å². The fourth-order valence-corrected chi connectivity index (χ4v) is 7.23. The normalized spacial score (nSPS) is 16.9. The highest BCUT2D eigenvalue weighted by Crippen LogP contribution is 2.44. The zero-order valence-electron chi connectivity index (χ0n) is 32.3. The van der Waals surface area contributed by atoms with E-state index >= 15 is 4.39 Å². The Hall–Kier alpha value is -4.65. The van der Waals surface area contributed by atoms with Gasteiger partial charge in [-0.05, 0) is 99.8 Å². The number of benzene rings is 1. The Kier molecular flexibility index (Phi) is 13.1. The first-order chi connectivity index (χ1) is 26.3. The lowest BCUT2D eigenvalue weighted by Crippen LogP contribution is -2.60. The number of alkyl halides is 3. The lowest BCUT2D eigenvalue weighted by Gasteiger charge is -2.34. The van der Waals surface area contributed by atoms with Gasteiger partial charge < -0.3 is 29.6 Å². The van der Waals surface area contributed by atoms with Crippen LogP contribution >= 0.6 is 11.5 Å². The van der Waals surface area contributed by atoms with E-state index in [9.17, 15) is 33.4 Å². The smallest absolute Gasteiger partial charge is 0.408 e. The summed E-state index contributed by atoms with van der Waals surface area (Å²) in [6, 6.07) is 5.94. The van der Waals surface area contributed by atoms with E-state index in [2.05, 4.69) is 25.1 Å². The first-order valence-corrected chi connectivity index (χ1v) is 18.9. The minimum Gasteiger partial charge on any atom is -0.480 e. The summed E-state index contributed by atoms with van der Waals surface area (Å²) in [5.74, 6) is -1.54. The van der Waals surface area contributed by atoms with Crippen molar-refractivity contribution in [2.75, 3.05) is 20.3 Å². The summed E-state index contributed by atoms with van der Waals surface area (Å²) in [5, 5.41) is 24.4. The molecule has 0 bridgehead atoms. The number of ether oxygens (including phenoxy) is 2.